The Morgan fingerprint density at radius 2 is 1.95 bits per heavy atom. The van der Waals surface area contributed by atoms with E-state index in [9.17, 15) is 8.42 Å². The van der Waals surface area contributed by atoms with Crippen molar-refractivity contribution in [2.45, 2.75) is 26.3 Å². The van der Waals surface area contributed by atoms with E-state index in [1.165, 1.54) is 0 Å². The summed E-state index contributed by atoms with van der Waals surface area (Å²) in [6, 6.07) is 7.88. The minimum Gasteiger partial charge on any atom is -0.494 e. The van der Waals surface area contributed by atoms with E-state index in [1.807, 2.05) is 24.3 Å². The van der Waals surface area contributed by atoms with Crippen LogP contribution in [-0.2, 0) is 16.6 Å². The van der Waals surface area contributed by atoms with Gasteiger partial charge in [-0.05, 0) is 37.1 Å². The van der Waals surface area contributed by atoms with Crippen molar-refractivity contribution >= 4 is 10.0 Å². The number of benzene rings is 1. The van der Waals surface area contributed by atoms with E-state index in [1.54, 1.807) is 0 Å². The van der Waals surface area contributed by atoms with E-state index in [-0.39, 0.29) is 5.75 Å². The molecule has 0 saturated heterocycles. The first-order chi connectivity index (χ1) is 9.01. The van der Waals surface area contributed by atoms with Crippen LogP contribution in [0, 0.1) is 0 Å². The Bertz CT molecular complexity index is 457. The fourth-order valence-electron chi connectivity index (χ4n) is 1.55. The number of sulfonamides is 1. The Labute approximate surface area is 115 Å². The first kappa shape index (κ1) is 15.9. The number of nitrogens with one attached hydrogen (secondary N) is 1. The maximum Gasteiger partial charge on any atom is 0.209 e. The van der Waals surface area contributed by atoms with Crippen molar-refractivity contribution in [1.29, 1.82) is 0 Å². The Balaban J connectivity index is 2.22. The van der Waals surface area contributed by atoms with Gasteiger partial charge in [0.2, 0.25) is 10.0 Å². The predicted molar refractivity (Wildman–Crippen MR) is 76.5 cm³/mol. The van der Waals surface area contributed by atoms with Crippen LogP contribution in [-0.4, -0.2) is 27.3 Å². The molecule has 0 aliphatic heterocycles. The van der Waals surface area contributed by atoms with Crippen molar-refractivity contribution < 1.29 is 13.2 Å². The van der Waals surface area contributed by atoms with Crippen LogP contribution >= 0.6 is 0 Å². The molecule has 6 heteroatoms. The Hall–Kier alpha value is -1.11. The summed E-state index contributed by atoms with van der Waals surface area (Å²) in [6.45, 7) is 4.13. The van der Waals surface area contributed by atoms with E-state index >= 15 is 0 Å². The molecule has 0 bridgehead atoms. The van der Waals surface area contributed by atoms with Crippen LogP contribution in [0.3, 0.4) is 0 Å². The van der Waals surface area contributed by atoms with Gasteiger partial charge in [0.1, 0.15) is 5.75 Å². The Morgan fingerprint density at radius 3 is 2.53 bits per heavy atom. The summed E-state index contributed by atoms with van der Waals surface area (Å²) in [7, 11) is -3.34. The molecule has 0 atom stereocenters. The van der Waals surface area contributed by atoms with E-state index in [2.05, 4.69) is 12.2 Å². The number of ether oxygens (including phenoxy) is 1. The second kappa shape index (κ2) is 8.14. The molecule has 0 unspecified atom stereocenters. The molecule has 108 valence electrons. The molecule has 0 fully saturated rings. The second-order valence-electron chi connectivity index (χ2n) is 4.39. The van der Waals surface area contributed by atoms with Crippen molar-refractivity contribution in [1.82, 2.24) is 5.32 Å². The van der Waals surface area contributed by atoms with Crippen LogP contribution < -0.4 is 15.2 Å². The van der Waals surface area contributed by atoms with Gasteiger partial charge >= 0.3 is 0 Å². The van der Waals surface area contributed by atoms with Crippen molar-refractivity contribution in [2.75, 3.05) is 18.9 Å². The van der Waals surface area contributed by atoms with Crippen molar-refractivity contribution in [3.63, 3.8) is 0 Å². The zero-order chi connectivity index (χ0) is 14.1. The monoisotopic (exact) mass is 286 g/mol. The van der Waals surface area contributed by atoms with Gasteiger partial charge < -0.3 is 10.1 Å². The molecule has 0 amide bonds. The lowest BCUT2D eigenvalue weighted by molar-refractivity contribution is 0.317. The van der Waals surface area contributed by atoms with Gasteiger partial charge in [0, 0.05) is 6.54 Å². The molecule has 19 heavy (non-hydrogen) atoms. The summed E-state index contributed by atoms with van der Waals surface area (Å²) >= 11 is 0. The van der Waals surface area contributed by atoms with Crippen LogP contribution in [0.15, 0.2) is 24.3 Å². The number of hydrogen-bond acceptors (Lipinski definition) is 4. The molecule has 0 saturated carbocycles. The maximum absolute atomic E-state index is 10.7. The van der Waals surface area contributed by atoms with Crippen LogP contribution in [0.5, 0.6) is 5.75 Å². The van der Waals surface area contributed by atoms with E-state index in [4.69, 9.17) is 9.88 Å². The number of nitrogens with two attached hydrogens (primary N) is 1. The van der Waals surface area contributed by atoms with Crippen molar-refractivity contribution in [2.24, 2.45) is 5.14 Å². The second-order valence-corrected chi connectivity index (χ2v) is 6.12. The van der Waals surface area contributed by atoms with Gasteiger partial charge in [0.25, 0.3) is 0 Å². The maximum atomic E-state index is 10.7. The molecule has 0 aliphatic rings. The molecule has 0 heterocycles. The van der Waals surface area contributed by atoms with Gasteiger partial charge in [-0.15, -0.1) is 0 Å². The fourth-order valence-corrected chi connectivity index (χ4v) is 2.10. The molecule has 1 aromatic rings. The summed E-state index contributed by atoms with van der Waals surface area (Å²) in [5.74, 6) is 0.892. The number of rotatable bonds is 9. The zero-order valence-corrected chi connectivity index (χ0v) is 12.1. The van der Waals surface area contributed by atoms with E-state index < -0.39 is 10.0 Å². The van der Waals surface area contributed by atoms with Crippen LogP contribution in [0.1, 0.15) is 25.3 Å². The third-order valence-electron chi connectivity index (χ3n) is 2.51. The smallest absolute Gasteiger partial charge is 0.209 e. The standard InChI is InChI=1S/C13H22N2O3S/c1-2-9-18-13-6-4-12(5-7-13)11-15-8-3-10-19(14,16)17/h4-7,15H,2-3,8-11H2,1H3,(H2,14,16,17). The molecule has 0 spiro atoms. The molecular formula is C13H22N2O3S. The number of primary sulfonamides is 1. The molecule has 3 N–H and O–H groups in total. The highest BCUT2D eigenvalue weighted by atomic mass is 32.2. The molecule has 1 rings (SSSR count). The number of hydrogen-bond donors (Lipinski definition) is 2. The quantitative estimate of drug-likeness (QED) is 0.669. The average Bonchev–Trinajstić information content (AvgIpc) is 2.36. The molecule has 1 aromatic carbocycles. The summed E-state index contributed by atoms with van der Waals surface area (Å²) in [4.78, 5) is 0. The van der Waals surface area contributed by atoms with Gasteiger partial charge in [0.05, 0.1) is 12.4 Å². The lowest BCUT2D eigenvalue weighted by Crippen LogP contribution is -2.22. The van der Waals surface area contributed by atoms with Crippen molar-refractivity contribution in [3.05, 3.63) is 29.8 Å². The molecule has 5 nitrogen and oxygen atoms in total. The van der Waals surface area contributed by atoms with Gasteiger partial charge in [-0.1, -0.05) is 19.1 Å². The Kier molecular flexibility index (Phi) is 6.83. The highest BCUT2D eigenvalue weighted by molar-refractivity contribution is 7.89. The third kappa shape index (κ3) is 7.81. The minimum atomic E-state index is -3.34. The summed E-state index contributed by atoms with van der Waals surface area (Å²) in [6.07, 6.45) is 1.52. The molecule has 0 aliphatic carbocycles. The SMILES string of the molecule is CCCOc1ccc(CNCCCS(N)(=O)=O)cc1. The van der Waals surface area contributed by atoms with E-state index in [0.717, 1.165) is 24.3 Å². The van der Waals surface area contributed by atoms with Gasteiger partial charge in [0.15, 0.2) is 0 Å². The van der Waals surface area contributed by atoms with Crippen LogP contribution in [0.2, 0.25) is 0 Å². The highest BCUT2D eigenvalue weighted by Gasteiger charge is 2.01. The van der Waals surface area contributed by atoms with Crippen LogP contribution in [0.4, 0.5) is 0 Å². The van der Waals surface area contributed by atoms with E-state index in [0.29, 0.717) is 19.5 Å². The van der Waals surface area contributed by atoms with Gasteiger partial charge in [-0.3, -0.25) is 0 Å². The first-order valence-electron chi connectivity index (χ1n) is 6.44. The predicted octanol–water partition coefficient (Wildman–Crippen LogP) is 1.24. The topological polar surface area (TPSA) is 81.4 Å². The minimum absolute atomic E-state index is 0.0177. The lowest BCUT2D eigenvalue weighted by Gasteiger charge is -2.07. The summed E-state index contributed by atoms with van der Waals surface area (Å²) < 4.78 is 26.9. The normalized spacial score (nSPS) is 11.5. The fraction of sp³-hybridized carbons (Fsp3) is 0.538. The van der Waals surface area contributed by atoms with Crippen molar-refractivity contribution in [3.8, 4) is 5.75 Å². The molecule has 0 radical (unpaired) electrons. The zero-order valence-electron chi connectivity index (χ0n) is 11.3. The third-order valence-corrected chi connectivity index (χ3v) is 3.37. The first-order valence-corrected chi connectivity index (χ1v) is 8.16. The van der Waals surface area contributed by atoms with Gasteiger partial charge in [-0.2, -0.15) is 0 Å². The molecule has 0 aromatic heterocycles. The highest BCUT2D eigenvalue weighted by Crippen LogP contribution is 2.12. The Morgan fingerprint density at radius 1 is 1.26 bits per heavy atom. The largest absolute Gasteiger partial charge is 0.494 e. The average molecular weight is 286 g/mol. The van der Waals surface area contributed by atoms with Crippen LogP contribution in [0.25, 0.3) is 0 Å². The van der Waals surface area contributed by atoms with Gasteiger partial charge in [-0.25, -0.2) is 13.6 Å². The lowest BCUT2D eigenvalue weighted by atomic mass is 10.2. The summed E-state index contributed by atoms with van der Waals surface area (Å²) in [5, 5.41) is 8.09. The molecular weight excluding hydrogens is 264 g/mol. The summed E-state index contributed by atoms with van der Waals surface area (Å²) in [5.41, 5.74) is 1.14.